The Hall–Kier alpha value is -4.89. The summed E-state index contributed by atoms with van der Waals surface area (Å²) in [5.41, 5.74) is 4.84. The Morgan fingerprint density at radius 2 is 0.940 bits per heavy atom. The molecule has 0 N–H and O–H groups in total. The zero-order chi connectivity index (χ0) is 34.2. The lowest BCUT2D eigenvalue weighted by Gasteiger charge is -2.45. The summed E-state index contributed by atoms with van der Waals surface area (Å²) in [6, 6.07) is 49.2. The summed E-state index contributed by atoms with van der Waals surface area (Å²) in [6.45, 7) is 1.38. The van der Waals surface area contributed by atoms with Crippen molar-refractivity contribution in [1.29, 1.82) is 0 Å². The third-order valence-corrected chi connectivity index (χ3v) is 8.28. The molecule has 0 radical (unpaired) electrons. The average Bonchev–Trinajstić information content (AvgIpc) is 3.17. The van der Waals surface area contributed by atoms with Gasteiger partial charge in [-0.1, -0.05) is 152 Å². The van der Waals surface area contributed by atoms with Gasteiger partial charge in [0.2, 0.25) is 6.29 Å². The first kappa shape index (κ1) is 35.0. The molecule has 50 heavy (non-hydrogen) atoms. The molecule has 1 fully saturated rings. The highest BCUT2D eigenvalue weighted by Crippen LogP contribution is 2.32. The highest BCUT2D eigenvalue weighted by molar-refractivity contribution is 5.87. The minimum Gasteiger partial charge on any atom is -0.430 e. The number of carbonyl (C=O) groups is 1. The van der Waals surface area contributed by atoms with E-state index in [1.54, 1.807) is 6.08 Å². The summed E-state index contributed by atoms with van der Waals surface area (Å²) < 4.78 is 38.8. The number of hydrogen-bond acceptors (Lipinski definition) is 7. The number of hydrogen-bond donors (Lipinski definition) is 0. The fraction of sp³-hybridized carbons (Fsp3) is 0.233. The zero-order valence-corrected chi connectivity index (χ0v) is 27.9. The van der Waals surface area contributed by atoms with Gasteiger partial charge >= 0.3 is 5.97 Å². The lowest BCUT2D eigenvalue weighted by Crippen LogP contribution is -2.62. The molecule has 1 heterocycles. The quantitative estimate of drug-likeness (QED) is 0.0780. The molecule has 0 aromatic heterocycles. The van der Waals surface area contributed by atoms with Crippen LogP contribution in [-0.4, -0.2) is 43.3 Å². The summed E-state index contributed by atoms with van der Waals surface area (Å²) in [4.78, 5) is 13.3. The Balaban J connectivity index is 1.30. The van der Waals surface area contributed by atoms with Crippen molar-refractivity contribution in [2.75, 3.05) is 6.61 Å². The van der Waals surface area contributed by atoms with Crippen LogP contribution < -0.4 is 0 Å². The molecule has 7 nitrogen and oxygen atoms in total. The van der Waals surface area contributed by atoms with Crippen molar-refractivity contribution in [2.45, 2.75) is 57.1 Å². The van der Waals surface area contributed by atoms with Crippen LogP contribution in [0.25, 0.3) is 6.08 Å². The maximum Gasteiger partial charge on any atom is 0.333 e. The molecule has 1 aliphatic rings. The Bertz CT molecular complexity index is 1720. The van der Waals surface area contributed by atoms with Gasteiger partial charge in [-0.25, -0.2) is 4.79 Å². The molecule has 0 saturated carbocycles. The van der Waals surface area contributed by atoms with E-state index >= 15 is 0 Å². The van der Waals surface area contributed by atoms with Crippen molar-refractivity contribution >= 4 is 12.0 Å². The van der Waals surface area contributed by atoms with E-state index in [0.717, 1.165) is 27.8 Å². The van der Waals surface area contributed by atoms with E-state index in [-0.39, 0.29) is 19.8 Å². The van der Waals surface area contributed by atoms with Gasteiger partial charge in [0.05, 0.1) is 33.0 Å². The lowest BCUT2D eigenvalue weighted by atomic mass is 9.97. The summed E-state index contributed by atoms with van der Waals surface area (Å²) in [5.74, 6) is -0.568. The molecule has 0 aliphatic carbocycles. The molecule has 0 amide bonds. The highest BCUT2D eigenvalue weighted by Gasteiger charge is 2.50. The fourth-order valence-corrected chi connectivity index (χ4v) is 5.72. The molecule has 256 valence electrons. The third-order valence-electron chi connectivity index (χ3n) is 8.28. The van der Waals surface area contributed by atoms with Crippen LogP contribution in [0.2, 0.25) is 0 Å². The molecule has 5 aromatic rings. The summed E-state index contributed by atoms with van der Waals surface area (Å²) >= 11 is 0. The molecule has 5 atom stereocenters. The van der Waals surface area contributed by atoms with E-state index in [1.807, 2.05) is 152 Å². The highest BCUT2D eigenvalue weighted by atomic mass is 16.7. The van der Waals surface area contributed by atoms with Crippen LogP contribution in [0.4, 0.5) is 0 Å². The van der Waals surface area contributed by atoms with Crippen LogP contribution in [-0.2, 0) is 59.6 Å². The second kappa shape index (κ2) is 18.8. The molecule has 1 aliphatic heterocycles. The molecule has 1 saturated heterocycles. The minimum atomic E-state index is -1.12. The third kappa shape index (κ3) is 10.6. The van der Waals surface area contributed by atoms with Gasteiger partial charge in [-0.15, -0.1) is 0 Å². The zero-order valence-electron chi connectivity index (χ0n) is 27.9. The van der Waals surface area contributed by atoms with E-state index in [0.29, 0.717) is 13.2 Å². The van der Waals surface area contributed by atoms with E-state index in [9.17, 15) is 4.79 Å². The maximum atomic E-state index is 13.3. The second-order valence-corrected chi connectivity index (χ2v) is 12.0. The molecular formula is C43H42O7. The van der Waals surface area contributed by atoms with Crippen LogP contribution in [0.5, 0.6) is 0 Å². The van der Waals surface area contributed by atoms with E-state index in [1.165, 1.54) is 6.08 Å². The smallest absolute Gasteiger partial charge is 0.333 e. The monoisotopic (exact) mass is 670 g/mol. The lowest BCUT2D eigenvalue weighted by molar-refractivity contribution is -0.319. The first-order valence-corrected chi connectivity index (χ1v) is 16.9. The number of rotatable bonds is 16. The number of ether oxygens (including phenoxy) is 6. The minimum absolute atomic E-state index is 0.166. The van der Waals surface area contributed by atoms with Crippen LogP contribution in [0.15, 0.2) is 158 Å². The molecule has 6 rings (SSSR count). The van der Waals surface area contributed by atoms with Gasteiger partial charge in [0, 0.05) is 6.08 Å². The van der Waals surface area contributed by atoms with Crippen LogP contribution in [0, 0.1) is 0 Å². The first-order chi connectivity index (χ1) is 24.7. The Labute approximate surface area is 294 Å². The van der Waals surface area contributed by atoms with Crippen LogP contribution in [0.1, 0.15) is 27.8 Å². The normalized spacial score (nSPS) is 20.4. The largest absolute Gasteiger partial charge is 0.430 e. The van der Waals surface area contributed by atoms with Gasteiger partial charge in [-0.3, -0.25) is 0 Å². The van der Waals surface area contributed by atoms with Gasteiger partial charge in [-0.2, -0.15) is 0 Å². The van der Waals surface area contributed by atoms with E-state index < -0.39 is 36.7 Å². The predicted octanol–water partition coefficient (Wildman–Crippen LogP) is 7.94. The van der Waals surface area contributed by atoms with Crippen molar-refractivity contribution in [1.82, 2.24) is 0 Å². The summed E-state index contributed by atoms with van der Waals surface area (Å²) in [5, 5.41) is 0. The van der Waals surface area contributed by atoms with Crippen molar-refractivity contribution in [3.8, 4) is 0 Å². The Morgan fingerprint density at radius 3 is 1.44 bits per heavy atom. The van der Waals surface area contributed by atoms with Crippen LogP contribution >= 0.6 is 0 Å². The van der Waals surface area contributed by atoms with E-state index in [2.05, 4.69) is 0 Å². The molecule has 5 aromatic carbocycles. The van der Waals surface area contributed by atoms with Crippen molar-refractivity contribution in [3.63, 3.8) is 0 Å². The Kier molecular flexibility index (Phi) is 13.1. The number of esters is 1. The summed E-state index contributed by atoms with van der Waals surface area (Å²) in [6.07, 6.45) is -0.834. The molecule has 0 unspecified atom stereocenters. The predicted molar refractivity (Wildman–Crippen MR) is 191 cm³/mol. The molecule has 7 heteroatoms. The van der Waals surface area contributed by atoms with Gasteiger partial charge in [-0.05, 0) is 33.9 Å². The van der Waals surface area contributed by atoms with Gasteiger partial charge in [0.25, 0.3) is 0 Å². The number of carbonyl (C=O) groups excluding carboxylic acids is 1. The second-order valence-electron chi connectivity index (χ2n) is 12.0. The topological polar surface area (TPSA) is 72.5 Å². The average molecular weight is 671 g/mol. The molecule has 0 spiro atoms. The number of benzene rings is 5. The molecular weight excluding hydrogens is 628 g/mol. The fourth-order valence-electron chi connectivity index (χ4n) is 5.72. The SMILES string of the molecule is O=C(/C=C/c1ccccc1)O[C@@H]1O[C@H](COCc2ccccc2)[C@@H](OCc2ccccc2)[C@H](OCc2ccccc2)[C@H]1OCc1ccccc1. The molecule has 0 bridgehead atoms. The maximum absolute atomic E-state index is 13.3. The van der Waals surface area contributed by atoms with E-state index in [4.69, 9.17) is 28.4 Å². The summed E-state index contributed by atoms with van der Waals surface area (Å²) in [7, 11) is 0. The Morgan fingerprint density at radius 1 is 0.520 bits per heavy atom. The van der Waals surface area contributed by atoms with Crippen molar-refractivity contribution in [2.24, 2.45) is 0 Å². The standard InChI is InChI=1S/C43H42O7/c44-39(27-26-33-16-6-1-7-17-33)50-43-42(48-31-37-24-14-5-15-25-37)41(47-30-36-22-12-4-13-23-36)40(46-29-35-20-10-3-11-21-35)38(49-43)32-45-28-34-18-8-2-9-19-34/h1-27,38,40-43H,28-32H2/b27-26+/t38-,40-,41+,42-,43+/m1/s1. The van der Waals surface area contributed by atoms with Gasteiger partial charge in [0.1, 0.15) is 24.4 Å². The van der Waals surface area contributed by atoms with Gasteiger partial charge < -0.3 is 28.4 Å². The van der Waals surface area contributed by atoms with Gasteiger partial charge in [0.15, 0.2) is 0 Å². The first-order valence-electron chi connectivity index (χ1n) is 16.9. The van der Waals surface area contributed by atoms with Crippen molar-refractivity contribution in [3.05, 3.63) is 186 Å². The van der Waals surface area contributed by atoms with Crippen molar-refractivity contribution < 1.29 is 33.2 Å². The van der Waals surface area contributed by atoms with Crippen LogP contribution in [0.3, 0.4) is 0 Å².